The lowest BCUT2D eigenvalue weighted by Gasteiger charge is -2.40. The second-order valence-corrected chi connectivity index (χ2v) is 7.74. The molecule has 0 radical (unpaired) electrons. The number of nitrogen functional groups attached to an aromatic ring is 1. The van der Waals surface area contributed by atoms with Crippen molar-refractivity contribution in [3.63, 3.8) is 0 Å². The topological polar surface area (TPSA) is 106 Å². The summed E-state index contributed by atoms with van der Waals surface area (Å²) < 4.78 is 10.7. The average molecular weight is 385 g/mol. The molecule has 3 N–H and O–H groups in total. The molecule has 2 saturated heterocycles. The van der Waals surface area contributed by atoms with E-state index in [0.29, 0.717) is 56.7 Å². The van der Waals surface area contributed by atoms with E-state index in [-0.39, 0.29) is 17.4 Å². The monoisotopic (exact) mass is 384 g/mol. The van der Waals surface area contributed by atoms with Crippen LogP contribution in [0, 0.1) is 0 Å². The third-order valence-electron chi connectivity index (χ3n) is 4.08. The predicted molar refractivity (Wildman–Crippen MR) is 99.7 cm³/mol. The molecule has 1 amide bonds. The molecule has 1 aromatic rings. The predicted octanol–water partition coefficient (Wildman–Crippen LogP) is 1.58. The van der Waals surface area contributed by atoms with Crippen molar-refractivity contribution in [3.8, 4) is 0 Å². The van der Waals surface area contributed by atoms with Gasteiger partial charge in [-0.1, -0.05) is 0 Å². The van der Waals surface area contributed by atoms with Crippen molar-refractivity contribution >= 4 is 35.0 Å². The van der Waals surface area contributed by atoms with Gasteiger partial charge in [0.15, 0.2) is 11.6 Å². The Morgan fingerprint density at radius 1 is 1.31 bits per heavy atom. The number of rotatable bonds is 3. The second kappa shape index (κ2) is 7.32. The van der Waals surface area contributed by atoms with Gasteiger partial charge in [0.1, 0.15) is 11.3 Å². The number of hydrogen-bond acceptors (Lipinski definition) is 8. The molecule has 2 aliphatic heterocycles. The number of nitrogens with two attached hydrogens (primary N) is 1. The number of carbonyl (C=O) groups excluding carboxylic acids is 1. The molecule has 3 rings (SSSR count). The molecule has 1 aromatic heterocycles. The van der Waals surface area contributed by atoms with Crippen molar-refractivity contribution in [2.75, 3.05) is 55.3 Å². The smallest absolute Gasteiger partial charge is 0.410 e. The van der Waals surface area contributed by atoms with Crippen LogP contribution >= 0.6 is 11.6 Å². The molecule has 3 heterocycles. The number of morpholine rings is 1. The summed E-state index contributed by atoms with van der Waals surface area (Å²) in [6, 6.07) is 0.0355. The molecule has 0 unspecified atom stereocenters. The lowest BCUT2D eigenvalue weighted by atomic mass is 10.1. The fourth-order valence-corrected chi connectivity index (χ4v) is 2.96. The van der Waals surface area contributed by atoms with Crippen LogP contribution in [-0.2, 0) is 9.47 Å². The normalized spacial score (nSPS) is 18.5. The Morgan fingerprint density at radius 2 is 1.96 bits per heavy atom. The molecule has 9 nitrogen and oxygen atoms in total. The maximum Gasteiger partial charge on any atom is 0.410 e. The van der Waals surface area contributed by atoms with Crippen molar-refractivity contribution < 1.29 is 14.3 Å². The molecule has 2 aliphatic rings. The number of anilines is 3. The minimum Gasteiger partial charge on any atom is -0.444 e. The van der Waals surface area contributed by atoms with Crippen molar-refractivity contribution in [1.82, 2.24) is 14.9 Å². The largest absolute Gasteiger partial charge is 0.444 e. The average Bonchev–Trinajstić information content (AvgIpc) is 2.52. The maximum atomic E-state index is 12.0. The van der Waals surface area contributed by atoms with E-state index in [1.807, 2.05) is 25.7 Å². The van der Waals surface area contributed by atoms with Gasteiger partial charge < -0.3 is 30.3 Å². The number of nitrogens with one attached hydrogen (secondary N) is 1. The molecule has 0 atom stereocenters. The molecule has 10 heteroatoms. The summed E-state index contributed by atoms with van der Waals surface area (Å²) in [6.45, 7) is 9.21. The van der Waals surface area contributed by atoms with Crippen molar-refractivity contribution in [2.24, 2.45) is 0 Å². The Bertz CT molecular complexity index is 669. The first-order chi connectivity index (χ1) is 12.2. The Morgan fingerprint density at radius 3 is 2.58 bits per heavy atom. The Labute approximate surface area is 157 Å². The summed E-state index contributed by atoms with van der Waals surface area (Å²) >= 11 is 6.08. The van der Waals surface area contributed by atoms with Crippen LogP contribution in [0.5, 0.6) is 0 Å². The number of nitrogens with zero attached hydrogens (tertiary/aromatic N) is 4. The SMILES string of the molecule is CC(C)(C)OC(=O)N1CC(Nc2nc(Cl)nc(N3CCOCC3)c2N)C1. The van der Waals surface area contributed by atoms with Crippen LogP contribution in [0.15, 0.2) is 0 Å². The lowest BCUT2D eigenvalue weighted by Crippen LogP contribution is -2.58. The molecule has 0 aromatic carbocycles. The van der Waals surface area contributed by atoms with Crippen molar-refractivity contribution in [1.29, 1.82) is 0 Å². The van der Waals surface area contributed by atoms with Crippen LogP contribution in [0.25, 0.3) is 0 Å². The zero-order chi connectivity index (χ0) is 18.9. The quantitative estimate of drug-likeness (QED) is 0.756. The van der Waals surface area contributed by atoms with Gasteiger partial charge in [0.05, 0.1) is 19.3 Å². The number of hydrogen-bond donors (Lipinski definition) is 2. The van der Waals surface area contributed by atoms with Gasteiger partial charge in [-0.25, -0.2) is 4.79 Å². The Kier molecular flexibility index (Phi) is 5.29. The summed E-state index contributed by atoms with van der Waals surface area (Å²) in [5.41, 5.74) is 6.20. The van der Waals surface area contributed by atoms with Crippen LogP contribution in [-0.4, -0.2) is 72.0 Å². The Hall–Kier alpha value is -2.00. The number of amides is 1. The standard InChI is InChI=1S/C16H25ClN6O3/c1-16(2,3)26-15(24)23-8-10(9-23)19-12-11(18)13(21-14(17)20-12)22-4-6-25-7-5-22/h10H,4-9,18H2,1-3H3,(H,19,20,21). The highest BCUT2D eigenvalue weighted by Crippen LogP contribution is 2.30. The molecule has 0 saturated carbocycles. The van der Waals surface area contributed by atoms with E-state index in [1.54, 1.807) is 4.90 Å². The highest BCUT2D eigenvalue weighted by Gasteiger charge is 2.34. The molecule has 0 spiro atoms. The van der Waals surface area contributed by atoms with Gasteiger partial charge in [0.25, 0.3) is 0 Å². The van der Waals surface area contributed by atoms with Gasteiger partial charge in [-0.05, 0) is 32.4 Å². The molecule has 0 aliphatic carbocycles. The van der Waals surface area contributed by atoms with Gasteiger partial charge >= 0.3 is 6.09 Å². The van der Waals surface area contributed by atoms with E-state index in [1.165, 1.54) is 0 Å². The molecule has 26 heavy (non-hydrogen) atoms. The first kappa shape index (κ1) is 18.8. The lowest BCUT2D eigenvalue weighted by molar-refractivity contribution is 0.0105. The first-order valence-corrected chi connectivity index (χ1v) is 9.01. The number of aromatic nitrogens is 2. The summed E-state index contributed by atoms with van der Waals surface area (Å²) in [6.07, 6.45) is -0.321. The van der Waals surface area contributed by atoms with Gasteiger partial charge in [-0.15, -0.1) is 0 Å². The number of halogens is 1. The van der Waals surface area contributed by atoms with Gasteiger partial charge in [-0.2, -0.15) is 9.97 Å². The minimum atomic E-state index is -0.507. The number of likely N-dealkylation sites (tertiary alicyclic amines) is 1. The Balaban J connectivity index is 1.62. The summed E-state index contributed by atoms with van der Waals surface area (Å²) in [7, 11) is 0. The fraction of sp³-hybridized carbons (Fsp3) is 0.688. The highest BCUT2D eigenvalue weighted by molar-refractivity contribution is 6.28. The summed E-state index contributed by atoms with van der Waals surface area (Å²) in [5, 5.41) is 3.38. The molecular formula is C16H25ClN6O3. The molecule has 0 bridgehead atoms. The van der Waals surface area contributed by atoms with E-state index in [4.69, 9.17) is 26.8 Å². The second-order valence-electron chi connectivity index (χ2n) is 7.40. The summed E-state index contributed by atoms with van der Waals surface area (Å²) in [4.78, 5) is 24.1. The van der Waals surface area contributed by atoms with E-state index in [2.05, 4.69) is 15.3 Å². The molecular weight excluding hydrogens is 360 g/mol. The van der Waals surface area contributed by atoms with Crippen LogP contribution < -0.4 is 16.0 Å². The first-order valence-electron chi connectivity index (χ1n) is 8.63. The highest BCUT2D eigenvalue weighted by atomic mass is 35.5. The van der Waals surface area contributed by atoms with Gasteiger partial charge in [-0.3, -0.25) is 0 Å². The third-order valence-corrected chi connectivity index (χ3v) is 4.25. The molecule has 2 fully saturated rings. The number of ether oxygens (including phenoxy) is 2. The maximum absolute atomic E-state index is 12.0. The third kappa shape index (κ3) is 4.39. The molecule has 144 valence electrons. The van der Waals surface area contributed by atoms with Crippen LogP contribution in [0.4, 0.5) is 22.1 Å². The van der Waals surface area contributed by atoms with E-state index in [0.717, 1.165) is 0 Å². The van der Waals surface area contributed by atoms with E-state index < -0.39 is 5.60 Å². The zero-order valence-electron chi connectivity index (χ0n) is 15.3. The van der Waals surface area contributed by atoms with Crippen molar-refractivity contribution in [2.45, 2.75) is 32.4 Å². The summed E-state index contributed by atoms with van der Waals surface area (Å²) in [5.74, 6) is 1.10. The van der Waals surface area contributed by atoms with Crippen molar-refractivity contribution in [3.05, 3.63) is 5.28 Å². The minimum absolute atomic E-state index is 0.0355. The van der Waals surface area contributed by atoms with Crippen LogP contribution in [0.2, 0.25) is 5.28 Å². The van der Waals surface area contributed by atoms with Gasteiger partial charge in [0.2, 0.25) is 5.28 Å². The van der Waals surface area contributed by atoms with Gasteiger partial charge in [0, 0.05) is 26.2 Å². The van der Waals surface area contributed by atoms with E-state index in [9.17, 15) is 4.79 Å². The number of carbonyl (C=O) groups is 1. The van der Waals surface area contributed by atoms with Crippen LogP contribution in [0.1, 0.15) is 20.8 Å². The zero-order valence-corrected chi connectivity index (χ0v) is 16.0. The van der Waals surface area contributed by atoms with Crippen LogP contribution in [0.3, 0.4) is 0 Å². The van der Waals surface area contributed by atoms with E-state index >= 15 is 0 Å². The fourth-order valence-electron chi connectivity index (χ4n) is 2.80.